The number of hydrogen-bond donors (Lipinski definition) is 0. The van der Waals surface area contributed by atoms with Gasteiger partial charge in [-0.25, -0.2) is 0 Å². The first-order chi connectivity index (χ1) is 10.9. The van der Waals surface area contributed by atoms with Gasteiger partial charge in [0.2, 0.25) is 0 Å². The van der Waals surface area contributed by atoms with Gasteiger partial charge >= 0.3 is 0 Å². The van der Waals surface area contributed by atoms with Crippen LogP contribution in [-0.4, -0.2) is 51.3 Å². The van der Waals surface area contributed by atoms with Crippen LogP contribution in [0.25, 0.3) is 11.1 Å². The van der Waals surface area contributed by atoms with Crippen LogP contribution in [0.15, 0.2) is 54.6 Å². The first kappa shape index (κ1) is 15.1. The molecule has 0 aromatic heterocycles. The summed E-state index contributed by atoms with van der Waals surface area (Å²) in [5.74, 6) is 0. The van der Waals surface area contributed by atoms with Crippen molar-refractivity contribution in [3.8, 4) is 11.1 Å². The molecule has 116 valence electrons. The summed E-state index contributed by atoms with van der Waals surface area (Å²) in [5, 5.41) is 0. The molecule has 1 aliphatic heterocycles. The van der Waals surface area contributed by atoms with Gasteiger partial charge in [0.1, 0.15) is 0 Å². The Hall–Kier alpha value is -1.84. The summed E-state index contributed by atoms with van der Waals surface area (Å²) in [5.41, 5.74) is 3.88. The second-order valence-corrected chi connectivity index (χ2v) is 5.73. The van der Waals surface area contributed by atoms with Gasteiger partial charge in [-0.05, 0) is 23.3 Å². The average molecular weight is 296 g/mol. The van der Waals surface area contributed by atoms with Crippen LogP contribution >= 0.6 is 0 Å². The van der Waals surface area contributed by atoms with E-state index in [1.54, 1.807) is 7.11 Å². The Labute approximate surface area is 133 Å². The molecule has 0 spiro atoms. The predicted octanol–water partition coefficient (Wildman–Crippen LogP) is 3.12. The number of benzene rings is 2. The van der Waals surface area contributed by atoms with E-state index in [9.17, 15) is 0 Å². The van der Waals surface area contributed by atoms with Crippen LogP contribution in [0.5, 0.6) is 0 Å². The zero-order valence-corrected chi connectivity index (χ0v) is 13.2. The number of ether oxygens (including phenoxy) is 1. The van der Waals surface area contributed by atoms with Gasteiger partial charge in [-0.1, -0.05) is 42.5 Å². The average Bonchev–Trinajstić information content (AvgIpc) is 2.61. The molecule has 0 bridgehead atoms. The molecular weight excluding hydrogens is 272 g/mol. The molecule has 0 aliphatic carbocycles. The molecule has 0 N–H and O–H groups in total. The van der Waals surface area contributed by atoms with E-state index in [1.807, 2.05) is 0 Å². The minimum Gasteiger partial charge on any atom is -0.383 e. The summed E-state index contributed by atoms with van der Waals surface area (Å²) in [7, 11) is 1.77. The van der Waals surface area contributed by atoms with Crippen molar-refractivity contribution in [2.75, 3.05) is 51.3 Å². The maximum absolute atomic E-state index is 5.16. The minimum atomic E-state index is 0.825. The molecular formula is C19H24N2O. The molecule has 22 heavy (non-hydrogen) atoms. The van der Waals surface area contributed by atoms with Crippen molar-refractivity contribution in [2.45, 2.75) is 0 Å². The highest BCUT2D eigenvalue weighted by Gasteiger charge is 2.16. The van der Waals surface area contributed by atoms with Crippen LogP contribution in [0.3, 0.4) is 0 Å². The number of methoxy groups -OCH3 is 1. The maximum Gasteiger partial charge on any atom is 0.0589 e. The van der Waals surface area contributed by atoms with E-state index in [2.05, 4.69) is 64.4 Å². The molecule has 3 heteroatoms. The Morgan fingerprint density at radius 2 is 1.45 bits per heavy atom. The quantitative estimate of drug-likeness (QED) is 0.843. The summed E-state index contributed by atoms with van der Waals surface area (Å²) in [6, 6.07) is 19.5. The molecule has 1 saturated heterocycles. The summed E-state index contributed by atoms with van der Waals surface area (Å²) in [4.78, 5) is 4.94. The normalized spacial score (nSPS) is 16.0. The van der Waals surface area contributed by atoms with E-state index in [1.165, 1.54) is 16.8 Å². The van der Waals surface area contributed by atoms with Crippen LogP contribution in [-0.2, 0) is 4.74 Å². The van der Waals surface area contributed by atoms with Crippen molar-refractivity contribution in [1.29, 1.82) is 0 Å². The number of piperazine rings is 1. The third-order valence-electron chi connectivity index (χ3n) is 4.32. The van der Waals surface area contributed by atoms with Crippen LogP contribution in [0.2, 0.25) is 0 Å². The lowest BCUT2D eigenvalue weighted by Crippen LogP contribution is -2.47. The molecule has 1 heterocycles. The summed E-state index contributed by atoms with van der Waals surface area (Å²) in [6.07, 6.45) is 0. The predicted molar refractivity (Wildman–Crippen MR) is 92.4 cm³/mol. The fourth-order valence-electron chi connectivity index (χ4n) is 2.95. The lowest BCUT2D eigenvalue weighted by molar-refractivity contribution is 0.144. The topological polar surface area (TPSA) is 15.7 Å². The lowest BCUT2D eigenvalue weighted by Gasteiger charge is -2.36. The van der Waals surface area contributed by atoms with E-state index >= 15 is 0 Å². The fourth-order valence-corrected chi connectivity index (χ4v) is 2.95. The zero-order valence-electron chi connectivity index (χ0n) is 13.2. The molecule has 0 amide bonds. The van der Waals surface area contributed by atoms with Crippen LogP contribution in [0, 0.1) is 0 Å². The van der Waals surface area contributed by atoms with Gasteiger partial charge in [-0.15, -0.1) is 0 Å². The van der Waals surface area contributed by atoms with Crippen molar-refractivity contribution >= 4 is 5.69 Å². The Morgan fingerprint density at radius 3 is 2.09 bits per heavy atom. The van der Waals surface area contributed by atoms with Gasteiger partial charge < -0.3 is 9.64 Å². The number of nitrogens with zero attached hydrogens (tertiary/aromatic N) is 2. The van der Waals surface area contributed by atoms with Gasteiger partial charge in [0.25, 0.3) is 0 Å². The molecule has 2 aromatic carbocycles. The van der Waals surface area contributed by atoms with Crippen molar-refractivity contribution in [2.24, 2.45) is 0 Å². The second kappa shape index (κ2) is 7.43. The highest BCUT2D eigenvalue weighted by Crippen LogP contribution is 2.23. The Morgan fingerprint density at radius 1 is 0.818 bits per heavy atom. The monoisotopic (exact) mass is 296 g/mol. The summed E-state index contributed by atoms with van der Waals surface area (Å²) in [6.45, 7) is 6.28. The standard InChI is InChI=1S/C19H24N2O/c1-22-16-15-20-11-13-21(14-12-20)19-9-7-18(8-10-19)17-5-3-2-4-6-17/h2-10H,11-16H2,1H3. The van der Waals surface area contributed by atoms with Crippen molar-refractivity contribution in [1.82, 2.24) is 4.90 Å². The molecule has 3 nitrogen and oxygen atoms in total. The molecule has 3 rings (SSSR count). The Balaban J connectivity index is 1.60. The third-order valence-corrected chi connectivity index (χ3v) is 4.32. The zero-order chi connectivity index (χ0) is 15.2. The number of anilines is 1. The third kappa shape index (κ3) is 3.67. The molecule has 0 radical (unpaired) electrons. The molecule has 0 unspecified atom stereocenters. The summed E-state index contributed by atoms with van der Waals surface area (Å²) >= 11 is 0. The van der Waals surface area contributed by atoms with E-state index in [0.717, 1.165) is 39.3 Å². The number of rotatable bonds is 5. The SMILES string of the molecule is COCCN1CCN(c2ccc(-c3ccccc3)cc2)CC1. The van der Waals surface area contributed by atoms with Crippen molar-refractivity contribution in [3.63, 3.8) is 0 Å². The number of hydrogen-bond acceptors (Lipinski definition) is 3. The molecule has 2 aromatic rings. The highest BCUT2D eigenvalue weighted by atomic mass is 16.5. The molecule has 0 saturated carbocycles. The Bertz CT molecular complexity index is 560. The maximum atomic E-state index is 5.16. The first-order valence-electron chi connectivity index (χ1n) is 7.98. The van der Waals surface area contributed by atoms with Gasteiger partial charge in [0, 0.05) is 45.5 Å². The second-order valence-electron chi connectivity index (χ2n) is 5.73. The highest BCUT2D eigenvalue weighted by molar-refractivity contribution is 5.66. The van der Waals surface area contributed by atoms with Crippen molar-refractivity contribution in [3.05, 3.63) is 54.6 Å². The van der Waals surface area contributed by atoms with E-state index in [0.29, 0.717) is 0 Å². The Kier molecular flexibility index (Phi) is 5.09. The van der Waals surface area contributed by atoms with Crippen LogP contribution in [0.4, 0.5) is 5.69 Å². The molecule has 1 aliphatic rings. The van der Waals surface area contributed by atoms with Crippen molar-refractivity contribution < 1.29 is 4.74 Å². The summed E-state index contributed by atoms with van der Waals surface area (Å²) < 4.78 is 5.16. The first-order valence-corrected chi connectivity index (χ1v) is 7.98. The van der Waals surface area contributed by atoms with Crippen LogP contribution in [0.1, 0.15) is 0 Å². The van der Waals surface area contributed by atoms with E-state index in [-0.39, 0.29) is 0 Å². The van der Waals surface area contributed by atoms with Gasteiger partial charge in [-0.2, -0.15) is 0 Å². The van der Waals surface area contributed by atoms with E-state index < -0.39 is 0 Å². The van der Waals surface area contributed by atoms with Crippen LogP contribution < -0.4 is 4.90 Å². The smallest absolute Gasteiger partial charge is 0.0589 e. The van der Waals surface area contributed by atoms with Gasteiger partial charge in [0.15, 0.2) is 0 Å². The molecule has 1 fully saturated rings. The minimum absolute atomic E-state index is 0.825. The van der Waals surface area contributed by atoms with Gasteiger partial charge in [0.05, 0.1) is 6.61 Å². The fraction of sp³-hybridized carbons (Fsp3) is 0.368. The van der Waals surface area contributed by atoms with E-state index in [4.69, 9.17) is 4.74 Å². The molecule has 0 atom stereocenters. The van der Waals surface area contributed by atoms with Gasteiger partial charge in [-0.3, -0.25) is 4.90 Å². The lowest BCUT2D eigenvalue weighted by atomic mass is 10.1. The largest absolute Gasteiger partial charge is 0.383 e.